The molecule has 2 fully saturated rings. The number of anilines is 1. The minimum atomic E-state index is -0.912. The number of carbonyl (C=O) groups excluding carboxylic acids is 2. The second kappa shape index (κ2) is 8.27. The van der Waals surface area contributed by atoms with E-state index in [2.05, 4.69) is 9.97 Å². The number of methoxy groups -OCH3 is 1. The highest BCUT2D eigenvalue weighted by Gasteiger charge is 2.57. The van der Waals surface area contributed by atoms with Gasteiger partial charge >= 0.3 is 6.03 Å². The molecule has 2 aromatic rings. The summed E-state index contributed by atoms with van der Waals surface area (Å²) in [5.41, 5.74) is 0.0511. The molecule has 1 N–H and O–H groups in total. The maximum Gasteiger partial charge on any atom is 0.328 e. The highest BCUT2D eigenvalue weighted by molar-refractivity contribution is 6.07. The number of imide groups is 1. The lowest BCUT2D eigenvalue weighted by atomic mass is 9.85. The molecule has 0 bridgehead atoms. The molecule has 30 heavy (non-hydrogen) atoms. The summed E-state index contributed by atoms with van der Waals surface area (Å²) in [5.74, 6) is 0.925. The molecule has 0 radical (unpaired) electrons. The third-order valence-corrected chi connectivity index (χ3v) is 5.85. The Bertz CT molecular complexity index is 897. The van der Waals surface area contributed by atoms with E-state index in [9.17, 15) is 14.7 Å². The van der Waals surface area contributed by atoms with Crippen LogP contribution in [0.5, 0.6) is 5.75 Å². The van der Waals surface area contributed by atoms with Crippen molar-refractivity contribution in [3.63, 3.8) is 0 Å². The van der Waals surface area contributed by atoms with Gasteiger partial charge in [-0.1, -0.05) is 30.3 Å². The number of hydrogen-bond donors (Lipinski definition) is 1. The molecule has 9 nitrogen and oxygen atoms in total. The van der Waals surface area contributed by atoms with Crippen molar-refractivity contribution in [3.8, 4) is 5.75 Å². The molecule has 2 aliphatic heterocycles. The molecule has 0 unspecified atom stereocenters. The summed E-state index contributed by atoms with van der Waals surface area (Å²) < 4.78 is 5.11. The van der Waals surface area contributed by atoms with Crippen LogP contribution in [0.1, 0.15) is 18.4 Å². The van der Waals surface area contributed by atoms with E-state index >= 15 is 0 Å². The lowest BCUT2D eigenvalue weighted by molar-refractivity contribution is -0.134. The van der Waals surface area contributed by atoms with Crippen molar-refractivity contribution in [2.45, 2.75) is 24.9 Å². The minimum Gasteiger partial charge on any atom is -0.494 e. The predicted molar refractivity (Wildman–Crippen MR) is 109 cm³/mol. The number of nitrogens with zero attached hydrogens (tertiary/aromatic N) is 5. The molecule has 4 rings (SSSR count). The zero-order valence-electron chi connectivity index (χ0n) is 16.9. The van der Waals surface area contributed by atoms with Crippen LogP contribution in [0.2, 0.25) is 0 Å². The average Bonchev–Trinajstić information content (AvgIpc) is 2.97. The number of aliphatic hydroxyl groups excluding tert-OH is 1. The van der Waals surface area contributed by atoms with Gasteiger partial charge < -0.3 is 19.6 Å². The monoisotopic (exact) mass is 411 g/mol. The average molecular weight is 411 g/mol. The fourth-order valence-electron chi connectivity index (χ4n) is 4.20. The maximum absolute atomic E-state index is 13.3. The fraction of sp³-hybridized carbons (Fsp3) is 0.429. The van der Waals surface area contributed by atoms with Crippen molar-refractivity contribution in [2.75, 3.05) is 38.3 Å². The van der Waals surface area contributed by atoms with Crippen LogP contribution in [-0.2, 0) is 11.3 Å². The third kappa shape index (κ3) is 3.45. The van der Waals surface area contributed by atoms with Crippen molar-refractivity contribution in [1.82, 2.24) is 19.8 Å². The van der Waals surface area contributed by atoms with Crippen LogP contribution in [0, 0.1) is 0 Å². The van der Waals surface area contributed by atoms with Gasteiger partial charge in [-0.05, 0) is 18.4 Å². The predicted octanol–water partition coefficient (Wildman–Crippen LogP) is 1.28. The second-order valence-corrected chi connectivity index (χ2v) is 7.48. The van der Waals surface area contributed by atoms with Gasteiger partial charge in [0.15, 0.2) is 5.75 Å². The van der Waals surface area contributed by atoms with Gasteiger partial charge in [0.25, 0.3) is 5.91 Å². The first-order chi connectivity index (χ1) is 14.6. The van der Waals surface area contributed by atoms with Crippen LogP contribution in [0.4, 0.5) is 10.7 Å². The number of aromatic nitrogens is 2. The first-order valence-corrected chi connectivity index (χ1v) is 9.98. The number of urea groups is 1. The summed E-state index contributed by atoms with van der Waals surface area (Å²) in [6.07, 6.45) is 4.17. The smallest absolute Gasteiger partial charge is 0.328 e. The van der Waals surface area contributed by atoms with E-state index < -0.39 is 5.54 Å². The Balaban J connectivity index is 1.57. The quantitative estimate of drug-likeness (QED) is 0.715. The Morgan fingerprint density at radius 3 is 2.37 bits per heavy atom. The SMILES string of the molecule is COc1cnc(N2CCC3(CC2)C(=O)N(CCO)C(=O)N3Cc2ccccc2)nc1. The molecule has 3 amide bonds. The van der Waals surface area contributed by atoms with Gasteiger partial charge in [-0.15, -0.1) is 0 Å². The Morgan fingerprint density at radius 2 is 1.77 bits per heavy atom. The van der Waals surface area contributed by atoms with Crippen LogP contribution < -0.4 is 9.64 Å². The zero-order valence-corrected chi connectivity index (χ0v) is 16.9. The molecule has 2 saturated heterocycles. The number of benzene rings is 1. The molecule has 3 heterocycles. The van der Waals surface area contributed by atoms with Gasteiger partial charge in [-0.25, -0.2) is 14.8 Å². The van der Waals surface area contributed by atoms with Crippen molar-refractivity contribution >= 4 is 17.9 Å². The Hall–Kier alpha value is -3.20. The molecule has 0 saturated carbocycles. The van der Waals surface area contributed by atoms with E-state index in [-0.39, 0.29) is 25.1 Å². The molecule has 1 spiro atoms. The highest BCUT2D eigenvalue weighted by Crippen LogP contribution is 2.39. The molecule has 9 heteroatoms. The van der Waals surface area contributed by atoms with Gasteiger partial charge in [-0.2, -0.15) is 0 Å². The summed E-state index contributed by atoms with van der Waals surface area (Å²) in [7, 11) is 1.56. The van der Waals surface area contributed by atoms with Gasteiger partial charge in [0.2, 0.25) is 5.95 Å². The fourth-order valence-corrected chi connectivity index (χ4v) is 4.20. The number of aliphatic hydroxyl groups is 1. The summed E-state index contributed by atoms with van der Waals surface area (Å²) in [4.78, 5) is 39.9. The first-order valence-electron chi connectivity index (χ1n) is 9.98. The van der Waals surface area contributed by atoms with Gasteiger partial charge in [0.1, 0.15) is 5.54 Å². The number of rotatable bonds is 6. The lowest BCUT2D eigenvalue weighted by Crippen LogP contribution is -2.56. The molecule has 1 aromatic heterocycles. The summed E-state index contributed by atoms with van der Waals surface area (Å²) >= 11 is 0. The van der Waals surface area contributed by atoms with Gasteiger partial charge in [-0.3, -0.25) is 9.69 Å². The maximum atomic E-state index is 13.3. The van der Waals surface area contributed by atoms with Crippen LogP contribution in [0.3, 0.4) is 0 Å². The molecule has 158 valence electrons. The summed E-state index contributed by atoms with van der Waals surface area (Å²) in [5, 5.41) is 9.36. The van der Waals surface area contributed by atoms with Crippen LogP contribution >= 0.6 is 0 Å². The molecule has 1 aromatic carbocycles. The number of β-amino-alcohol motifs (C(OH)–C–C–N with tert-alkyl or cyclic N) is 1. The van der Waals surface area contributed by atoms with E-state index in [1.165, 1.54) is 4.90 Å². The number of piperidine rings is 1. The molecule has 2 aliphatic rings. The topological polar surface area (TPSA) is 99.1 Å². The van der Waals surface area contributed by atoms with E-state index in [1.54, 1.807) is 24.4 Å². The Kier molecular flexibility index (Phi) is 5.54. The van der Waals surface area contributed by atoms with Crippen molar-refractivity contribution < 1.29 is 19.4 Å². The van der Waals surface area contributed by atoms with E-state index in [0.29, 0.717) is 44.2 Å². The largest absolute Gasteiger partial charge is 0.494 e. The Labute approximate surface area is 174 Å². The summed E-state index contributed by atoms with van der Waals surface area (Å²) in [6, 6.07) is 9.30. The molecule has 0 atom stereocenters. The molecule has 0 aliphatic carbocycles. The standard InChI is InChI=1S/C21H25N5O4/c1-30-17-13-22-19(23-14-17)24-9-7-21(8-10-24)18(28)25(11-12-27)20(29)26(21)15-16-5-3-2-4-6-16/h2-6,13-14,27H,7-12,15H2,1H3. The normalized spacial score (nSPS) is 18.4. The van der Waals surface area contributed by atoms with Gasteiger partial charge in [0, 0.05) is 19.6 Å². The van der Waals surface area contributed by atoms with Crippen molar-refractivity contribution in [3.05, 3.63) is 48.3 Å². The summed E-state index contributed by atoms with van der Waals surface area (Å²) in [6.45, 7) is 1.20. The lowest BCUT2D eigenvalue weighted by Gasteiger charge is -2.42. The number of carbonyl (C=O) groups is 2. The van der Waals surface area contributed by atoms with Crippen molar-refractivity contribution in [1.29, 1.82) is 0 Å². The second-order valence-electron chi connectivity index (χ2n) is 7.48. The van der Waals surface area contributed by atoms with E-state index in [4.69, 9.17) is 4.74 Å². The first kappa shape index (κ1) is 20.1. The van der Waals surface area contributed by atoms with Crippen LogP contribution in [-0.4, -0.2) is 75.7 Å². The van der Waals surface area contributed by atoms with E-state index in [0.717, 1.165) is 5.56 Å². The van der Waals surface area contributed by atoms with E-state index in [1.807, 2.05) is 35.2 Å². The molecular weight excluding hydrogens is 386 g/mol. The highest BCUT2D eigenvalue weighted by atomic mass is 16.5. The minimum absolute atomic E-state index is 0.00993. The number of hydrogen-bond acceptors (Lipinski definition) is 7. The van der Waals surface area contributed by atoms with Crippen LogP contribution in [0.15, 0.2) is 42.7 Å². The molecular formula is C21H25N5O4. The van der Waals surface area contributed by atoms with Crippen molar-refractivity contribution in [2.24, 2.45) is 0 Å². The number of amides is 3. The van der Waals surface area contributed by atoms with Crippen LogP contribution in [0.25, 0.3) is 0 Å². The zero-order chi connectivity index (χ0) is 21.1. The Morgan fingerprint density at radius 1 is 1.10 bits per heavy atom. The van der Waals surface area contributed by atoms with Gasteiger partial charge in [0.05, 0.1) is 32.7 Å². The third-order valence-electron chi connectivity index (χ3n) is 5.85. The number of ether oxygens (including phenoxy) is 1.